The van der Waals surface area contributed by atoms with Crippen LogP contribution in [0, 0.1) is 0 Å². The Morgan fingerprint density at radius 1 is 0.821 bits per heavy atom. The van der Waals surface area contributed by atoms with Crippen LogP contribution in [0.25, 0.3) is 10.8 Å². The number of para-hydroxylation sites is 1. The van der Waals surface area contributed by atoms with Gasteiger partial charge in [-0.15, -0.1) is 0 Å². The molecule has 0 fully saturated rings. The molecule has 0 aliphatic heterocycles. The number of ether oxygens (including phenoxy) is 1. The van der Waals surface area contributed by atoms with Crippen molar-refractivity contribution in [2.75, 3.05) is 11.5 Å². The lowest BCUT2D eigenvalue weighted by Crippen LogP contribution is -2.35. The molecule has 3 aromatic carbocycles. The van der Waals surface area contributed by atoms with E-state index in [2.05, 4.69) is 23.2 Å². The smallest absolute Gasteiger partial charge is 0.266 e. The van der Waals surface area contributed by atoms with Crippen molar-refractivity contribution in [2.24, 2.45) is 0 Å². The lowest BCUT2D eigenvalue weighted by Gasteiger charge is -2.23. The van der Waals surface area contributed by atoms with E-state index in [1.807, 2.05) is 72.8 Å². The number of carbonyl (C=O) groups is 1. The predicted octanol–water partition coefficient (Wildman–Crippen LogP) is 4.85. The maximum Gasteiger partial charge on any atom is 0.266 e. The molecule has 28 heavy (non-hydrogen) atoms. The van der Waals surface area contributed by atoms with E-state index in [0.29, 0.717) is 18.1 Å². The molecule has 1 aromatic heterocycles. The molecule has 138 valence electrons. The number of amides is 1. The first-order valence-corrected chi connectivity index (χ1v) is 9.17. The zero-order valence-corrected chi connectivity index (χ0v) is 15.4. The third-order valence-electron chi connectivity index (χ3n) is 4.54. The molecule has 4 nitrogen and oxygen atoms in total. The van der Waals surface area contributed by atoms with E-state index in [1.165, 1.54) is 0 Å². The van der Waals surface area contributed by atoms with Crippen molar-refractivity contribution in [1.29, 1.82) is 0 Å². The summed E-state index contributed by atoms with van der Waals surface area (Å²) >= 11 is 0. The molecule has 0 unspecified atom stereocenters. The van der Waals surface area contributed by atoms with Gasteiger partial charge in [0.1, 0.15) is 11.6 Å². The minimum absolute atomic E-state index is 0.0502. The summed E-state index contributed by atoms with van der Waals surface area (Å²) in [6.07, 6.45) is 1.69. The fraction of sp³-hybridized carbons (Fsp3) is 0.0833. The van der Waals surface area contributed by atoms with Gasteiger partial charge in [-0.2, -0.15) is 0 Å². The maximum atomic E-state index is 13.0. The summed E-state index contributed by atoms with van der Waals surface area (Å²) in [6, 6.07) is 29.2. The van der Waals surface area contributed by atoms with Crippen molar-refractivity contribution in [3.05, 3.63) is 103 Å². The third kappa shape index (κ3) is 4.01. The molecule has 0 saturated heterocycles. The number of nitrogens with zero attached hydrogens (tertiary/aromatic N) is 2. The molecule has 0 bridgehead atoms. The Kier molecular flexibility index (Phi) is 5.29. The Bertz CT molecular complexity index is 1060. The number of anilines is 1. The second-order valence-corrected chi connectivity index (χ2v) is 6.41. The predicted molar refractivity (Wildman–Crippen MR) is 111 cm³/mol. The summed E-state index contributed by atoms with van der Waals surface area (Å²) < 4.78 is 5.68. The van der Waals surface area contributed by atoms with E-state index in [-0.39, 0.29) is 12.5 Å². The van der Waals surface area contributed by atoms with Crippen molar-refractivity contribution in [3.63, 3.8) is 0 Å². The van der Waals surface area contributed by atoms with Crippen molar-refractivity contribution in [1.82, 2.24) is 4.98 Å². The highest BCUT2D eigenvalue weighted by atomic mass is 16.5. The molecule has 0 aliphatic carbocycles. The molecular weight excluding hydrogens is 348 g/mol. The van der Waals surface area contributed by atoms with Crippen LogP contribution in [-0.2, 0) is 11.3 Å². The minimum atomic E-state index is -0.143. The first kappa shape index (κ1) is 17.7. The van der Waals surface area contributed by atoms with Gasteiger partial charge in [0, 0.05) is 6.20 Å². The van der Waals surface area contributed by atoms with Gasteiger partial charge >= 0.3 is 0 Å². The van der Waals surface area contributed by atoms with Gasteiger partial charge in [0.05, 0.1) is 6.54 Å². The molecule has 1 heterocycles. The molecule has 1 amide bonds. The molecule has 0 spiro atoms. The second-order valence-electron chi connectivity index (χ2n) is 6.41. The number of aromatic nitrogens is 1. The Labute approximate surface area is 164 Å². The van der Waals surface area contributed by atoms with Gasteiger partial charge in [0.15, 0.2) is 6.61 Å². The van der Waals surface area contributed by atoms with Crippen molar-refractivity contribution < 1.29 is 9.53 Å². The fourth-order valence-electron chi connectivity index (χ4n) is 3.15. The average Bonchev–Trinajstić information content (AvgIpc) is 2.77. The van der Waals surface area contributed by atoms with Gasteiger partial charge in [0.2, 0.25) is 0 Å². The van der Waals surface area contributed by atoms with Gasteiger partial charge in [-0.05, 0) is 40.6 Å². The lowest BCUT2D eigenvalue weighted by atomic mass is 10.0. The fourth-order valence-corrected chi connectivity index (χ4v) is 3.15. The molecule has 0 radical (unpaired) electrons. The minimum Gasteiger partial charge on any atom is -0.484 e. The zero-order chi connectivity index (χ0) is 19.2. The van der Waals surface area contributed by atoms with Gasteiger partial charge in [0.25, 0.3) is 5.91 Å². The van der Waals surface area contributed by atoms with E-state index in [9.17, 15) is 4.79 Å². The first-order valence-electron chi connectivity index (χ1n) is 9.17. The van der Waals surface area contributed by atoms with Gasteiger partial charge in [-0.25, -0.2) is 4.98 Å². The van der Waals surface area contributed by atoms with E-state index in [0.717, 1.165) is 16.3 Å². The van der Waals surface area contributed by atoms with Crippen LogP contribution in [0.1, 0.15) is 5.56 Å². The van der Waals surface area contributed by atoms with Crippen LogP contribution in [-0.4, -0.2) is 17.5 Å². The quantitative estimate of drug-likeness (QED) is 0.489. The lowest BCUT2D eigenvalue weighted by molar-refractivity contribution is -0.120. The van der Waals surface area contributed by atoms with Crippen LogP contribution >= 0.6 is 0 Å². The number of carbonyl (C=O) groups excluding carboxylic acids is 1. The van der Waals surface area contributed by atoms with Crippen LogP contribution in [0.3, 0.4) is 0 Å². The summed E-state index contributed by atoms with van der Waals surface area (Å²) in [4.78, 5) is 19.1. The average molecular weight is 368 g/mol. The van der Waals surface area contributed by atoms with Crippen LogP contribution in [0.2, 0.25) is 0 Å². The van der Waals surface area contributed by atoms with Crippen LogP contribution in [0.4, 0.5) is 5.82 Å². The third-order valence-corrected chi connectivity index (χ3v) is 4.54. The molecule has 4 heteroatoms. The zero-order valence-electron chi connectivity index (χ0n) is 15.4. The number of fused-ring (bicyclic) bond motifs is 1. The highest BCUT2D eigenvalue weighted by Gasteiger charge is 2.19. The standard InChI is InChI=1S/C24H20N2O2/c27-24(18-28-21-12-2-1-3-13-21)26(23-15-6-7-16-25-23)17-20-11-8-10-19-9-4-5-14-22(19)20/h1-16H,17-18H2. The Morgan fingerprint density at radius 2 is 1.57 bits per heavy atom. The SMILES string of the molecule is O=C(COc1ccccc1)N(Cc1cccc2ccccc12)c1ccccn1. The number of rotatable bonds is 6. The number of pyridine rings is 1. The second kappa shape index (κ2) is 8.35. The summed E-state index contributed by atoms with van der Waals surface area (Å²) in [6.45, 7) is 0.376. The maximum absolute atomic E-state index is 13.0. The summed E-state index contributed by atoms with van der Waals surface area (Å²) in [5, 5.41) is 2.27. The van der Waals surface area contributed by atoms with Gasteiger partial charge in [-0.3, -0.25) is 9.69 Å². The van der Waals surface area contributed by atoms with Crippen molar-refractivity contribution >= 4 is 22.5 Å². The number of hydrogen-bond donors (Lipinski definition) is 0. The Balaban J connectivity index is 1.61. The Morgan fingerprint density at radius 3 is 2.39 bits per heavy atom. The highest BCUT2D eigenvalue weighted by molar-refractivity contribution is 5.94. The van der Waals surface area contributed by atoms with Crippen LogP contribution in [0.15, 0.2) is 97.2 Å². The topological polar surface area (TPSA) is 42.4 Å². The van der Waals surface area contributed by atoms with Crippen molar-refractivity contribution in [3.8, 4) is 5.75 Å². The van der Waals surface area contributed by atoms with Crippen molar-refractivity contribution in [2.45, 2.75) is 6.54 Å². The normalized spacial score (nSPS) is 10.6. The molecule has 0 atom stereocenters. The van der Waals surface area contributed by atoms with Gasteiger partial charge in [-0.1, -0.05) is 66.7 Å². The molecule has 0 saturated carbocycles. The number of benzene rings is 3. The van der Waals surface area contributed by atoms with E-state index >= 15 is 0 Å². The number of hydrogen-bond acceptors (Lipinski definition) is 3. The Hall–Kier alpha value is -3.66. The van der Waals surface area contributed by atoms with Gasteiger partial charge < -0.3 is 4.74 Å². The summed E-state index contributed by atoms with van der Waals surface area (Å²) in [7, 11) is 0. The first-order chi connectivity index (χ1) is 13.8. The molecule has 0 N–H and O–H groups in total. The summed E-state index contributed by atoms with van der Waals surface area (Å²) in [5.74, 6) is 1.13. The molecule has 0 aliphatic rings. The summed E-state index contributed by atoms with van der Waals surface area (Å²) in [5.41, 5.74) is 1.07. The monoisotopic (exact) mass is 368 g/mol. The van der Waals surface area contributed by atoms with Crippen LogP contribution < -0.4 is 9.64 Å². The molecular formula is C24H20N2O2. The molecule has 4 rings (SSSR count). The highest BCUT2D eigenvalue weighted by Crippen LogP contribution is 2.22. The van der Waals surface area contributed by atoms with E-state index in [4.69, 9.17) is 4.74 Å². The van der Waals surface area contributed by atoms with E-state index < -0.39 is 0 Å². The van der Waals surface area contributed by atoms with Crippen LogP contribution in [0.5, 0.6) is 5.75 Å². The molecule has 4 aromatic rings. The largest absolute Gasteiger partial charge is 0.484 e. The van der Waals surface area contributed by atoms with E-state index in [1.54, 1.807) is 11.1 Å².